The molecule has 1 aliphatic heterocycles. The van der Waals surface area contributed by atoms with Crippen molar-refractivity contribution in [3.63, 3.8) is 0 Å². The molecule has 1 aromatic rings. The van der Waals surface area contributed by atoms with Crippen LogP contribution in [0.4, 0.5) is 0 Å². The second kappa shape index (κ2) is 5.08. The summed E-state index contributed by atoms with van der Waals surface area (Å²) in [6, 6.07) is 9.93. The number of hydrogen-bond donors (Lipinski definition) is 0. The van der Waals surface area contributed by atoms with Gasteiger partial charge in [0.2, 0.25) is 6.29 Å². The van der Waals surface area contributed by atoms with Gasteiger partial charge in [0.1, 0.15) is 6.10 Å². The Morgan fingerprint density at radius 2 is 1.94 bits per heavy atom. The Hall–Kier alpha value is -1.39. The van der Waals surface area contributed by atoms with Gasteiger partial charge in [-0.3, -0.25) is 4.79 Å². The molecule has 0 spiro atoms. The lowest BCUT2D eigenvalue weighted by atomic mass is 10.1. The zero-order chi connectivity index (χ0) is 13.2. The molecule has 0 N–H and O–H groups in total. The van der Waals surface area contributed by atoms with Crippen LogP contribution in [0.3, 0.4) is 0 Å². The summed E-state index contributed by atoms with van der Waals surface area (Å²) in [5.74, 6) is -1.08. The smallest absolute Gasteiger partial charge is 0.305 e. The van der Waals surface area contributed by atoms with E-state index in [0.29, 0.717) is 6.42 Å². The van der Waals surface area contributed by atoms with Crippen molar-refractivity contribution in [3.05, 3.63) is 35.9 Å². The molecule has 2 atom stereocenters. The fourth-order valence-electron chi connectivity index (χ4n) is 2.05. The lowest BCUT2D eigenvalue weighted by Gasteiger charge is -2.16. The predicted molar refractivity (Wildman–Crippen MR) is 65.7 cm³/mol. The molecule has 4 heteroatoms. The van der Waals surface area contributed by atoms with Gasteiger partial charge in [-0.25, -0.2) is 0 Å². The van der Waals surface area contributed by atoms with Crippen molar-refractivity contribution >= 4 is 5.97 Å². The van der Waals surface area contributed by atoms with E-state index in [4.69, 9.17) is 14.2 Å². The van der Waals surface area contributed by atoms with Crippen molar-refractivity contribution in [3.8, 4) is 0 Å². The molecule has 0 radical (unpaired) electrons. The Labute approximate surface area is 107 Å². The first-order chi connectivity index (χ1) is 8.46. The standard InChI is InChI=1S/C14H18O4/c1-10(15)16-13-12(17-14(2,3)18-13)9-11-7-5-4-6-8-11/h4-8,12-13H,9H2,1-3H3/t12-,13+/m0/s1. The van der Waals surface area contributed by atoms with Crippen LogP contribution in [0.1, 0.15) is 26.3 Å². The van der Waals surface area contributed by atoms with Crippen molar-refractivity contribution < 1.29 is 19.0 Å². The molecule has 0 bridgehead atoms. The highest BCUT2D eigenvalue weighted by molar-refractivity contribution is 5.66. The summed E-state index contributed by atoms with van der Waals surface area (Å²) in [4.78, 5) is 11.1. The van der Waals surface area contributed by atoms with Crippen LogP contribution in [-0.2, 0) is 25.4 Å². The third-order valence-electron chi connectivity index (χ3n) is 2.70. The number of benzene rings is 1. The highest BCUT2D eigenvalue weighted by atomic mass is 16.8. The highest BCUT2D eigenvalue weighted by Crippen LogP contribution is 2.30. The zero-order valence-corrected chi connectivity index (χ0v) is 10.9. The Kier molecular flexibility index (Phi) is 3.68. The van der Waals surface area contributed by atoms with Crippen LogP contribution in [0.25, 0.3) is 0 Å². The van der Waals surface area contributed by atoms with Gasteiger partial charge in [-0.05, 0) is 19.4 Å². The summed E-state index contributed by atoms with van der Waals surface area (Å²) >= 11 is 0. The maximum atomic E-state index is 11.1. The average molecular weight is 250 g/mol. The van der Waals surface area contributed by atoms with E-state index in [1.807, 2.05) is 44.2 Å². The van der Waals surface area contributed by atoms with Crippen LogP contribution >= 0.6 is 0 Å². The maximum absolute atomic E-state index is 11.1. The number of ether oxygens (including phenoxy) is 3. The molecule has 0 aliphatic carbocycles. The van der Waals surface area contributed by atoms with Gasteiger partial charge in [-0.1, -0.05) is 30.3 Å². The Balaban J connectivity index is 2.07. The fraction of sp³-hybridized carbons (Fsp3) is 0.500. The van der Waals surface area contributed by atoms with E-state index in [1.165, 1.54) is 6.92 Å². The minimum Gasteiger partial charge on any atom is -0.433 e. The molecule has 1 aromatic carbocycles. The first kappa shape index (κ1) is 13.1. The number of esters is 1. The summed E-state index contributed by atoms with van der Waals surface area (Å²) in [6.07, 6.45) is -0.258. The van der Waals surface area contributed by atoms with E-state index in [9.17, 15) is 4.79 Å². The molecule has 0 unspecified atom stereocenters. The van der Waals surface area contributed by atoms with E-state index in [0.717, 1.165) is 5.56 Å². The minimum atomic E-state index is -0.723. The fourth-order valence-corrected chi connectivity index (χ4v) is 2.05. The molecule has 1 aliphatic rings. The van der Waals surface area contributed by atoms with Crippen LogP contribution in [0, 0.1) is 0 Å². The Morgan fingerprint density at radius 3 is 2.56 bits per heavy atom. The lowest BCUT2D eigenvalue weighted by Crippen LogP contribution is -2.29. The van der Waals surface area contributed by atoms with Crippen molar-refractivity contribution in [2.24, 2.45) is 0 Å². The molecule has 4 nitrogen and oxygen atoms in total. The van der Waals surface area contributed by atoms with Gasteiger partial charge in [0, 0.05) is 13.3 Å². The first-order valence-corrected chi connectivity index (χ1v) is 6.03. The molecule has 98 valence electrons. The van der Waals surface area contributed by atoms with Gasteiger partial charge >= 0.3 is 5.97 Å². The van der Waals surface area contributed by atoms with Crippen LogP contribution in [0.2, 0.25) is 0 Å². The van der Waals surface area contributed by atoms with Crippen LogP contribution in [-0.4, -0.2) is 24.2 Å². The SMILES string of the molecule is CC(=O)O[C@@H]1OC(C)(C)O[C@H]1Cc1ccccc1. The third-order valence-corrected chi connectivity index (χ3v) is 2.70. The molecule has 0 amide bonds. The second-order valence-electron chi connectivity index (χ2n) is 4.84. The summed E-state index contributed by atoms with van der Waals surface area (Å²) in [5, 5.41) is 0. The number of hydrogen-bond acceptors (Lipinski definition) is 4. The van der Waals surface area contributed by atoms with Crippen molar-refractivity contribution in [2.45, 2.75) is 45.4 Å². The van der Waals surface area contributed by atoms with Gasteiger partial charge in [-0.15, -0.1) is 0 Å². The van der Waals surface area contributed by atoms with E-state index in [1.54, 1.807) is 0 Å². The predicted octanol–water partition coefficient (Wildman–Crippen LogP) is 2.27. The van der Waals surface area contributed by atoms with E-state index in [2.05, 4.69) is 0 Å². The normalized spacial score (nSPS) is 25.9. The van der Waals surface area contributed by atoms with Crippen molar-refractivity contribution in [2.75, 3.05) is 0 Å². The van der Waals surface area contributed by atoms with Crippen LogP contribution < -0.4 is 0 Å². The molecule has 1 fully saturated rings. The molecule has 1 heterocycles. The Morgan fingerprint density at radius 1 is 1.28 bits per heavy atom. The number of carbonyl (C=O) groups is 1. The van der Waals surface area contributed by atoms with E-state index >= 15 is 0 Å². The topological polar surface area (TPSA) is 44.8 Å². The molecule has 0 saturated carbocycles. The summed E-state index contributed by atoms with van der Waals surface area (Å²) in [5.41, 5.74) is 1.13. The highest BCUT2D eigenvalue weighted by Gasteiger charge is 2.43. The molecule has 18 heavy (non-hydrogen) atoms. The van der Waals surface area contributed by atoms with Crippen molar-refractivity contribution in [1.29, 1.82) is 0 Å². The lowest BCUT2D eigenvalue weighted by molar-refractivity contribution is -0.196. The third kappa shape index (κ3) is 3.31. The molecule has 0 aromatic heterocycles. The van der Waals surface area contributed by atoms with E-state index < -0.39 is 12.1 Å². The van der Waals surface area contributed by atoms with Crippen molar-refractivity contribution in [1.82, 2.24) is 0 Å². The first-order valence-electron chi connectivity index (χ1n) is 6.03. The monoisotopic (exact) mass is 250 g/mol. The van der Waals surface area contributed by atoms with Gasteiger partial charge in [-0.2, -0.15) is 0 Å². The number of carbonyl (C=O) groups excluding carboxylic acids is 1. The molecule has 1 saturated heterocycles. The number of rotatable bonds is 3. The maximum Gasteiger partial charge on any atom is 0.305 e. The molecule has 2 rings (SSSR count). The van der Waals surface area contributed by atoms with Gasteiger partial charge < -0.3 is 14.2 Å². The average Bonchev–Trinajstić information content (AvgIpc) is 2.53. The molecular formula is C14H18O4. The van der Waals surface area contributed by atoms with Gasteiger partial charge in [0.15, 0.2) is 5.79 Å². The van der Waals surface area contributed by atoms with Gasteiger partial charge in [0.05, 0.1) is 0 Å². The zero-order valence-electron chi connectivity index (χ0n) is 10.9. The summed E-state index contributed by atoms with van der Waals surface area (Å²) in [7, 11) is 0. The second-order valence-corrected chi connectivity index (χ2v) is 4.84. The van der Waals surface area contributed by atoms with Crippen LogP contribution in [0.5, 0.6) is 0 Å². The van der Waals surface area contributed by atoms with Gasteiger partial charge in [0.25, 0.3) is 0 Å². The summed E-state index contributed by atoms with van der Waals surface area (Å²) in [6.45, 7) is 5.00. The minimum absolute atomic E-state index is 0.272. The largest absolute Gasteiger partial charge is 0.433 e. The van der Waals surface area contributed by atoms with Crippen LogP contribution in [0.15, 0.2) is 30.3 Å². The summed E-state index contributed by atoms with van der Waals surface area (Å²) < 4.78 is 16.5. The van der Waals surface area contributed by atoms with E-state index in [-0.39, 0.29) is 12.1 Å². The Bertz CT molecular complexity index is 413. The quantitative estimate of drug-likeness (QED) is 0.772. The molecular weight excluding hydrogens is 232 g/mol.